The third-order valence-electron chi connectivity index (χ3n) is 3.74. The van der Waals surface area contributed by atoms with E-state index in [0.717, 1.165) is 0 Å². The first-order valence-electron chi connectivity index (χ1n) is 7.84. The maximum Gasteiger partial charge on any atom is 0.394 e. The minimum atomic E-state index is -4.92. The highest BCUT2D eigenvalue weighted by Crippen LogP contribution is 2.36. The molecule has 0 aliphatic carbocycles. The Morgan fingerprint density at radius 3 is 2.00 bits per heavy atom. The first-order valence-corrected chi connectivity index (χ1v) is 7.84. The van der Waals surface area contributed by atoms with Gasteiger partial charge in [-0.05, 0) is 39.0 Å². The highest BCUT2D eigenvalue weighted by Gasteiger charge is 2.43. The highest BCUT2D eigenvalue weighted by atomic mass is 19.4. The molecule has 0 amide bonds. The molecule has 0 radical (unpaired) electrons. The number of carbonyl (C=O) groups excluding carboxylic acids is 1. The molecule has 0 aliphatic rings. The smallest absolute Gasteiger partial charge is 0.394 e. The maximum atomic E-state index is 13.4. The molecule has 0 aromatic carbocycles. The number of alkyl halides is 5. The molecule has 1 atom stereocenters. The molecular formula is C16H27F5O2. The van der Waals surface area contributed by atoms with Crippen LogP contribution in [0.1, 0.15) is 66.7 Å². The first kappa shape index (κ1) is 22.1. The van der Waals surface area contributed by atoms with E-state index in [1.807, 2.05) is 13.8 Å². The van der Waals surface area contributed by atoms with E-state index in [0.29, 0.717) is 12.8 Å². The van der Waals surface area contributed by atoms with Crippen LogP contribution in [-0.2, 0) is 9.53 Å². The summed E-state index contributed by atoms with van der Waals surface area (Å²) in [4.78, 5) is 12.1. The summed E-state index contributed by atoms with van der Waals surface area (Å²) in [5.74, 6) is -4.28. The molecule has 0 saturated carbocycles. The zero-order valence-corrected chi connectivity index (χ0v) is 14.4. The van der Waals surface area contributed by atoms with Gasteiger partial charge in [-0.3, -0.25) is 4.79 Å². The average Bonchev–Trinajstić information content (AvgIpc) is 2.32. The molecule has 0 rings (SSSR count). The van der Waals surface area contributed by atoms with Gasteiger partial charge < -0.3 is 4.74 Å². The van der Waals surface area contributed by atoms with Gasteiger partial charge in [0.25, 0.3) is 5.92 Å². The molecule has 23 heavy (non-hydrogen) atoms. The Labute approximate surface area is 134 Å². The van der Waals surface area contributed by atoms with Gasteiger partial charge >= 0.3 is 12.1 Å². The summed E-state index contributed by atoms with van der Waals surface area (Å²) in [6.07, 6.45) is -8.25. The van der Waals surface area contributed by atoms with Crippen LogP contribution in [-0.4, -0.2) is 24.2 Å². The number of carbonyl (C=O) groups is 1. The van der Waals surface area contributed by atoms with Gasteiger partial charge in [-0.25, -0.2) is 8.78 Å². The Balaban J connectivity index is 4.78. The van der Waals surface area contributed by atoms with Crippen LogP contribution in [0, 0.1) is 11.3 Å². The lowest BCUT2D eigenvalue weighted by Crippen LogP contribution is -2.32. The third-order valence-corrected chi connectivity index (χ3v) is 3.74. The van der Waals surface area contributed by atoms with Crippen molar-refractivity contribution in [3.8, 4) is 0 Å². The lowest BCUT2D eigenvalue weighted by molar-refractivity contribution is -0.192. The summed E-state index contributed by atoms with van der Waals surface area (Å²) in [5, 5.41) is 0. The summed E-state index contributed by atoms with van der Waals surface area (Å²) < 4.78 is 68.5. The van der Waals surface area contributed by atoms with Crippen LogP contribution in [0.4, 0.5) is 22.0 Å². The number of rotatable bonds is 9. The van der Waals surface area contributed by atoms with Gasteiger partial charge in [-0.15, -0.1) is 0 Å². The first-order chi connectivity index (χ1) is 10.2. The predicted molar refractivity (Wildman–Crippen MR) is 78.3 cm³/mol. The second kappa shape index (κ2) is 8.29. The molecule has 1 unspecified atom stereocenters. The molecule has 138 valence electrons. The summed E-state index contributed by atoms with van der Waals surface area (Å²) >= 11 is 0. The Morgan fingerprint density at radius 2 is 1.61 bits per heavy atom. The van der Waals surface area contributed by atoms with E-state index < -0.39 is 42.4 Å². The zero-order valence-electron chi connectivity index (χ0n) is 14.4. The summed E-state index contributed by atoms with van der Waals surface area (Å²) in [6, 6.07) is 0. The average molecular weight is 346 g/mol. The zero-order chi connectivity index (χ0) is 18.5. The summed E-state index contributed by atoms with van der Waals surface area (Å²) in [6.45, 7) is 8.83. The number of ether oxygens (including phenoxy) is 1. The minimum absolute atomic E-state index is 0.0776. The molecule has 0 fully saturated rings. The molecule has 0 aromatic rings. The van der Waals surface area contributed by atoms with Gasteiger partial charge in [0.2, 0.25) is 0 Å². The fourth-order valence-electron chi connectivity index (χ4n) is 1.96. The molecule has 0 spiro atoms. The van der Waals surface area contributed by atoms with Gasteiger partial charge in [-0.2, -0.15) is 13.2 Å². The van der Waals surface area contributed by atoms with E-state index in [1.165, 1.54) is 0 Å². The van der Waals surface area contributed by atoms with Crippen LogP contribution in [0.15, 0.2) is 0 Å². The molecule has 7 heteroatoms. The number of hydrogen-bond acceptors (Lipinski definition) is 2. The van der Waals surface area contributed by atoms with Crippen molar-refractivity contribution < 1.29 is 31.5 Å². The molecule has 0 aromatic heterocycles. The molecule has 0 N–H and O–H groups in total. The van der Waals surface area contributed by atoms with Crippen molar-refractivity contribution in [1.29, 1.82) is 0 Å². The van der Waals surface area contributed by atoms with Crippen molar-refractivity contribution in [2.45, 2.75) is 84.9 Å². The van der Waals surface area contributed by atoms with Crippen molar-refractivity contribution in [3.63, 3.8) is 0 Å². The molecule has 0 aliphatic heterocycles. The third kappa shape index (κ3) is 9.76. The fourth-order valence-corrected chi connectivity index (χ4v) is 1.96. The standard InChI is InChI=1S/C16H27F5O2/c1-6-14(4,5)13(22)23-12(9-11(2)3)7-8-15(17,18)10-16(19,20)21/h11-12H,6-10H2,1-5H3. The van der Waals surface area contributed by atoms with Gasteiger partial charge in [0.1, 0.15) is 12.5 Å². The van der Waals surface area contributed by atoms with Crippen LogP contribution >= 0.6 is 0 Å². The van der Waals surface area contributed by atoms with Gasteiger partial charge in [0, 0.05) is 6.42 Å². The van der Waals surface area contributed by atoms with Crippen molar-refractivity contribution in [1.82, 2.24) is 0 Å². The van der Waals surface area contributed by atoms with Gasteiger partial charge in [0.15, 0.2) is 0 Å². The van der Waals surface area contributed by atoms with Crippen LogP contribution in [0.5, 0.6) is 0 Å². The van der Waals surface area contributed by atoms with Gasteiger partial charge in [0.05, 0.1) is 5.41 Å². The summed E-state index contributed by atoms with van der Waals surface area (Å²) in [5.41, 5.74) is -0.746. The van der Waals surface area contributed by atoms with Crippen LogP contribution in [0.3, 0.4) is 0 Å². The van der Waals surface area contributed by atoms with Crippen LogP contribution < -0.4 is 0 Å². The van der Waals surface area contributed by atoms with E-state index in [9.17, 15) is 26.7 Å². The van der Waals surface area contributed by atoms with Crippen molar-refractivity contribution >= 4 is 5.97 Å². The van der Waals surface area contributed by atoms with Crippen molar-refractivity contribution in [3.05, 3.63) is 0 Å². The molecule has 0 saturated heterocycles. The second-order valence-electron chi connectivity index (χ2n) is 7.08. The van der Waals surface area contributed by atoms with Crippen LogP contribution in [0.2, 0.25) is 0 Å². The monoisotopic (exact) mass is 346 g/mol. The Kier molecular flexibility index (Phi) is 7.97. The normalized spacial score (nSPS) is 14.9. The second-order valence-corrected chi connectivity index (χ2v) is 7.08. The SMILES string of the molecule is CCC(C)(C)C(=O)OC(CCC(F)(F)CC(F)(F)F)CC(C)C. The van der Waals surface area contributed by atoms with E-state index in [4.69, 9.17) is 4.74 Å². The van der Waals surface area contributed by atoms with Crippen molar-refractivity contribution in [2.24, 2.45) is 11.3 Å². The number of hydrogen-bond donors (Lipinski definition) is 0. The fraction of sp³-hybridized carbons (Fsp3) is 0.938. The molecular weight excluding hydrogens is 319 g/mol. The molecule has 2 nitrogen and oxygen atoms in total. The minimum Gasteiger partial charge on any atom is -0.462 e. The highest BCUT2D eigenvalue weighted by molar-refractivity contribution is 5.75. The lowest BCUT2D eigenvalue weighted by Gasteiger charge is -2.27. The number of esters is 1. The lowest BCUT2D eigenvalue weighted by atomic mass is 9.90. The Hall–Kier alpha value is -0.880. The van der Waals surface area contributed by atoms with Gasteiger partial charge in [-0.1, -0.05) is 20.8 Å². The molecule has 0 heterocycles. The van der Waals surface area contributed by atoms with Crippen LogP contribution in [0.25, 0.3) is 0 Å². The Morgan fingerprint density at radius 1 is 1.09 bits per heavy atom. The summed E-state index contributed by atoms with van der Waals surface area (Å²) in [7, 11) is 0. The largest absolute Gasteiger partial charge is 0.462 e. The maximum absolute atomic E-state index is 13.4. The topological polar surface area (TPSA) is 26.3 Å². The van der Waals surface area contributed by atoms with E-state index in [1.54, 1.807) is 20.8 Å². The number of halogens is 5. The van der Waals surface area contributed by atoms with E-state index in [2.05, 4.69) is 0 Å². The van der Waals surface area contributed by atoms with E-state index >= 15 is 0 Å². The van der Waals surface area contributed by atoms with Crippen molar-refractivity contribution in [2.75, 3.05) is 0 Å². The Bertz CT molecular complexity index is 375. The predicted octanol–water partition coefficient (Wildman–Crippen LogP) is 5.75. The quantitative estimate of drug-likeness (QED) is 0.392. The molecule has 0 bridgehead atoms. The van der Waals surface area contributed by atoms with E-state index in [-0.39, 0.29) is 12.3 Å².